The molecule has 0 aliphatic carbocycles. The van der Waals surface area contributed by atoms with Crippen molar-refractivity contribution < 1.29 is 19.1 Å². The molecule has 3 N–H and O–H groups in total. The number of urea groups is 1. The first-order valence-corrected chi connectivity index (χ1v) is 16.2. The van der Waals surface area contributed by atoms with Crippen LogP contribution < -0.4 is 30.3 Å². The van der Waals surface area contributed by atoms with Gasteiger partial charge in [-0.2, -0.15) is 0 Å². The minimum atomic E-state index is -0.255. The number of hydrogen-bond acceptors (Lipinski definition) is 6. The minimum Gasteiger partial charge on any atom is -0.493 e. The minimum absolute atomic E-state index is 0.128. The molecule has 3 aromatic carbocycles. The molecule has 0 spiro atoms. The lowest BCUT2D eigenvalue weighted by Gasteiger charge is -2.38. The number of rotatable bonds is 14. The Hall–Kier alpha value is -4.24. The standard InChI is InChI=1S/C36H49N5O4/c1-6-9-22-41-23-20-31(21-24-41)40(4)30-15-10-26(11-16-30)35(42)37-28-12-17-32(18-13-28)45-33-19-14-29(25-34(33)44-5)39-36(43)38-27(7-2)8-3/h10-19,25,27,31H,6-9,20-24H2,1-5H3,(H,37,42)(H2,38,39,43). The summed E-state index contributed by atoms with van der Waals surface area (Å²) in [6.07, 6.45) is 6.57. The van der Waals surface area contributed by atoms with Gasteiger partial charge in [0.05, 0.1) is 7.11 Å². The second-order valence-corrected chi connectivity index (χ2v) is 11.6. The molecule has 0 saturated carbocycles. The van der Waals surface area contributed by atoms with Crippen molar-refractivity contribution in [3.05, 3.63) is 72.3 Å². The quantitative estimate of drug-likeness (QED) is 0.172. The Morgan fingerprint density at radius 2 is 1.56 bits per heavy atom. The predicted molar refractivity (Wildman–Crippen MR) is 183 cm³/mol. The third-order valence-electron chi connectivity index (χ3n) is 8.55. The summed E-state index contributed by atoms with van der Waals surface area (Å²) in [5, 5.41) is 8.77. The van der Waals surface area contributed by atoms with Gasteiger partial charge in [-0.25, -0.2) is 4.79 Å². The Bertz CT molecular complexity index is 1370. The lowest BCUT2D eigenvalue weighted by atomic mass is 10.0. The van der Waals surface area contributed by atoms with Gasteiger partial charge >= 0.3 is 6.03 Å². The molecule has 9 nitrogen and oxygen atoms in total. The van der Waals surface area contributed by atoms with Crippen LogP contribution in [0.2, 0.25) is 0 Å². The largest absolute Gasteiger partial charge is 0.493 e. The molecule has 9 heteroatoms. The van der Waals surface area contributed by atoms with Gasteiger partial charge in [0.15, 0.2) is 11.5 Å². The van der Waals surface area contributed by atoms with E-state index >= 15 is 0 Å². The highest BCUT2D eigenvalue weighted by Crippen LogP contribution is 2.34. The van der Waals surface area contributed by atoms with E-state index in [0.717, 1.165) is 44.5 Å². The topological polar surface area (TPSA) is 95.2 Å². The maximum atomic E-state index is 13.0. The van der Waals surface area contributed by atoms with Crippen LogP contribution in [0.25, 0.3) is 0 Å². The van der Waals surface area contributed by atoms with E-state index < -0.39 is 0 Å². The smallest absolute Gasteiger partial charge is 0.319 e. The Balaban J connectivity index is 1.29. The molecule has 1 heterocycles. The fraction of sp³-hybridized carbons (Fsp3) is 0.444. The van der Waals surface area contributed by atoms with Crippen molar-refractivity contribution in [3.63, 3.8) is 0 Å². The Labute approximate surface area is 268 Å². The van der Waals surface area contributed by atoms with Crippen LogP contribution in [0.15, 0.2) is 66.7 Å². The summed E-state index contributed by atoms with van der Waals surface area (Å²) in [4.78, 5) is 30.2. The summed E-state index contributed by atoms with van der Waals surface area (Å²) >= 11 is 0. The normalized spacial score (nSPS) is 13.7. The highest BCUT2D eigenvalue weighted by Gasteiger charge is 2.22. The van der Waals surface area contributed by atoms with Gasteiger partial charge in [-0.1, -0.05) is 27.2 Å². The molecular weight excluding hydrogens is 566 g/mol. The van der Waals surface area contributed by atoms with Crippen molar-refractivity contribution in [2.45, 2.75) is 71.4 Å². The Morgan fingerprint density at radius 3 is 2.18 bits per heavy atom. The van der Waals surface area contributed by atoms with Crippen molar-refractivity contribution in [1.29, 1.82) is 0 Å². The molecule has 242 valence electrons. The number of likely N-dealkylation sites (tertiary alicyclic amines) is 1. The van der Waals surface area contributed by atoms with Gasteiger partial charge in [0.2, 0.25) is 0 Å². The fourth-order valence-corrected chi connectivity index (χ4v) is 5.58. The van der Waals surface area contributed by atoms with Gasteiger partial charge < -0.3 is 35.2 Å². The predicted octanol–water partition coefficient (Wildman–Crippen LogP) is 7.75. The van der Waals surface area contributed by atoms with E-state index in [-0.39, 0.29) is 18.0 Å². The lowest BCUT2D eigenvalue weighted by Crippen LogP contribution is -2.43. The number of hydrogen-bond donors (Lipinski definition) is 3. The summed E-state index contributed by atoms with van der Waals surface area (Å²) in [7, 11) is 3.71. The molecule has 0 bridgehead atoms. The van der Waals surface area contributed by atoms with Crippen LogP contribution in [-0.4, -0.2) is 62.7 Å². The first kappa shape index (κ1) is 33.6. The van der Waals surface area contributed by atoms with Crippen LogP contribution in [0.5, 0.6) is 17.2 Å². The molecule has 3 aromatic rings. The maximum Gasteiger partial charge on any atom is 0.319 e. The Morgan fingerprint density at radius 1 is 0.889 bits per heavy atom. The molecule has 0 unspecified atom stereocenters. The number of carbonyl (C=O) groups is 2. The second-order valence-electron chi connectivity index (χ2n) is 11.6. The zero-order valence-corrected chi connectivity index (χ0v) is 27.4. The molecule has 0 atom stereocenters. The third kappa shape index (κ3) is 9.62. The van der Waals surface area contributed by atoms with Crippen LogP contribution in [0, 0.1) is 0 Å². The van der Waals surface area contributed by atoms with E-state index in [1.807, 2.05) is 38.1 Å². The van der Waals surface area contributed by atoms with Crippen molar-refractivity contribution in [3.8, 4) is 17.2 Å². The van der Waals surface area contributed by atoms with Gasteiger partial charge in [0.1, 0.15) is 5.75 Å². The number of amides is 3. The van der Waals surface area contributed by atoms with Crippen molar-refractivity contribution in [1.82, 2.24) is 10.2 Å². The average Bonchev–Trinajstić information content (AvgIpc) is 3.07. The van der Waals surface area contributed by atoms with Gasteiger partial charge in [0, 0.05) is 60.9 Å². The lowest BCUT2D eigenvalue weighted by molar-refractivity contribution is 0.102. The number of anilines is 3. The number of carbonyl (C=O) groups excluding carboxylic acids is 2. The number of nitrogens with one attached hydrogen (secondary N) is 3. The molecule has 0 aromatic heterocycles. The van der Waals surface area contributed by atoms with E-state index in [1.165, 1.54) is 19.4 Å². The van der Waals surface area contributed by atoms with Crippen LogP contribution in [0.3, 0.4) is 0 Å². The first-order chi connectivity index (χ1) is 21.8. The summed E-state index contributed by atoms with van der Waals surface area (Å²) in [5.41, 5.74) is 3.00. The van der Waals surface area contributed by atoms with E-state index in [1.54, 1.807) is 49.6 Å². The fourth-order valence-electron chi connectivity index (χ4n) is 5.58. The molecule has 1 aliphatic heterocycles. The van der Waals surface area contributed by atoms with Gasteiger partial charge in [-0.15, -0.1) is 0 Å². The van der Waals surface area contributed by atoms with Crippen LogP contribution in [0.1, 0.15) is 69.7 Å². The number of piperidine rings is 1. The van der Waals surface area contributed by atoms with Gasteiger partial charge in [-0.05, 0) is 99.3 Å². The molecular formula is C36H49N5O4. The van der Waals surface area contributed by atoms with E-state index in [9.17, 15) is 9.59 Å². The summed E-state index contributed by atoms with van der Waals surface area (Å²) in [6, 6.07) is 20.6. The molecule has 0 radical (unpaired) electrons. The van der Waals surface area contributed by atoms with Crippen molar-refractivity contribution >= 4 is 29.0 Å². The monoisotopic (exact) mass is 615 g/mol. The zero-order valence-electron chi connectivity index (χ0n) is 27.4. The molecule has 45 heavy (non-hydrogen) atoms. The number of nitrogens with zero attached hydrogens (tertiary/aromatic N) is 2. The van der Waals surface area contributed by atoms with E-state index in [0.29, 0.717) is 40.2 Å². The molecule has 1 saturated heterocycles. The SMILES string of the molecule is CCCCN1CCC(N(C)c2ccc(C(=O)Nc3ccc(Oc4ccc(NC(=O)NC(CC)CC)cc4OC)cc3)cc2)CC1. The number of methoxy groups -OCH3 is 1. The summed E-state index contributed by atoms with van der Waals surface area (Å²) in [5.74, 6) is 1.41. The van der Waals surface area contributed by atoms with Gasteiger partial charge in [-0.3, -0.25) is 4.79 Å². The van der Waals surface area contributed by atoms with Crippen molar-refractivity contribution in [2.24, 2.45) is 0 Å². The van der Waals surface area contributed by atoms with Crippen LogP contribution >= 0.6 is 0 Å². The average molecular weight is 616 g/mol. The maximum absolute atomic E-state index is 13.0. The van der Waals surface area contributed by atoms with Crippen LogP contribution in [-0.2, 0) is 0 Å². The van der Waals surface area contributed by atoms with Crippen molar-refractivity contribution in [2.75, 3.05) is 49.3 Å². The number of unbranched alkanes of at least 4 members (excludes halogenated alkanes) is 1. The second kappa shape index (κ2) is 16.7. The Kier molecular flexibility index (Phi) is 12.5. The highest BCUT2D eigenvalue weighted by atomic mass is 16.5. The van der Waals surface area contributed by atoms with Crippen LogP contribution in [0.4, 0.5) is 21.9 Å². The summed E-state index contributed by atoms with van der Waals surface area (Å²) < 4.78 is 11.5. The third-order valence-corrected chi connectivity index (χ3v) is 8.55. The molecule has 3 amide bonds. The zero-order chi connectivity index (χ0) is 32.2. The first-order valence-electron chi connectivity index (χ1n) is 16.2. The highest BCUT2D eigenvalue weighted by molar-refractivity contribution is 6.04. The van der Waals surface area contributed by atoms with E-state index in [2.05, 4.69) is 39.7 Å². The molecule has 1 fully saturated rings. The number of benzene rings is 3. The number of ether oxygens (including phenoxy) is 2. The van der Waals surface area contributed by atoms with E-state index in [4.69, 9.17) is 9.47 Å². The molecule has 4 rings (SSSR count). The van der Waals surface area contributed by atoms with Gasteiger partial charge in [0.25, 0.3) is 5.91 Å². The molecule has 1 aliphatic rings. The summed E-state index contributed by atoms with van der Waals surface area (Å²) in [6.45, 7) is 9.83.